The van der Waals surface area contributed by atoms with Crippen LogP contribution in [0.5, 0.6) is 0 Å². The SMILES string of the molecule is Cc1nccn1-c1ccnc2c([N+](=O)[O-])cccc12. The molecule has 6 nitrogen and oxygen atoms in total. The van der Waals surface area contributed by atoms with Gasteiger partial charge in [-0.15, -0.1) is 0 Å². The van der Waals surface area contributed by atoms with Gasteiger partial charge >= 0.3 is 0 Å². The number of nitrogens with zero attached hydrogens (tertiary/aromatic N) is 4. The number of para-hydroxylation sites is 1. The Hall–Kier alpha value is -2.76. The van der Waals surface area contributed by atoms with Crippen LogP contribution >= 0.6 is 0 Å². The molecule has 2 aromatic heterocycles. The predicted octanol–water partition coefficient (Wildman–Crippen LogP) is 2.64. The number of aromatic nitrogens is 3. The summed E-state index contributed by atoms with van der Waals surface area (Å²) in [6, 6.07) is 6.77. The topological polar surface area (TPSA) is 73.8 Å². The summed E-state index contributed by atoms with van der Waals surface area (Å²) in [4.78, 5) is 18.9. The molecule has 0 aliphatic carbocycles. The molecule has 0 N–H and O–H groups in total. The van der Waals surface area contributed by atoms with Gasteiger partial charge < -0.3 is 4.57 Å². The number of imidazole rings is 1. The molecule has 0 unspecified atom stereocenters. The summed E-state index contributed by atoms with van der Waals surface area (Å²) in [6.07, 6.45) is 5.09. The Labute approximate surface area is 108 Å². The largest absolute Gasteiger partial charge is 0.303 e. The van der Waals surface area contributed by atoms with Gasteiger partial charge in [-0.3, -0.25) is 10.1 Å². The summed E-state index contributed by atoms with van der Waals surface area (Å²) in [7, 11) is 0. The number of hydrogen-bond donors (Lipinski definition) is 0. The number of aryl methyl sites for hydroxylation is 1. The molecule has 0 radical (unpaired) electrons. The first-order chi connectivity index (χ1) is 9.18. The molecular formula is C13H10N4O2. The van der Waals surface area contributed by atoms with Crippen molar-refractivity contribution in [2.24, 2.45) is 0 Å². The highest BCUT2D eigenvalue weighted by Gasteiger charge is 2.15. The predicted molar refractivity (Wildman–Crippen MR) is 70.3 cm³/mol. The molecule has 0 bridgehead atoms. The van der Waals surface area contributed by atoms with Crippen LogP contribution in [0.3, 0.4) is 0 Å². The summed E-state index contributed by atoms with van der Waals surface area (Å²) in [5.41, 5.74) is 1.24. The Balaban J connectivity index is 2.37. The molecule has 94 valence electrons. The minimum Gasteiger partial charge on any atom is -0.303 e. The van der Waals surface area contributed by atoms with Crippen molar-refractivity contribution in [2.45, 2.75) is 6.92 Å². The maximum absolute atomic E-state index is 11.0. The van der Waals surface area contributed by atoms with E-state index < -0.39 is 4.92 Å². The summed E-state index contributed by atoms with van der Waals surface area (Å²) < 4.78 is 1.88. The molecule has 0 fully saturated rings. The highest BCUT2D eigenvalue weighted by molar-refractivity contribution is 5.93. The third-order valence-electron chi connectivity index (χ3n) is 3.01. The second-order valence-electron chi connectivity index (χ2n) is 4.10. The zero-order valence-corrected chi connectivity index (χ0v) is 10.1. The van der Waals surface area contributed by atoms with Crippen molar-refractivity contribution in [3.05, 3.63) is 58.8 Å². The van der Waals surface area contributed by atoms with Crippen molar-refractivity contribution >= 4 is 16.6 Å². The van der Waals surface area contributed by atoms with E-state index in [4.69, 9.17) is 0 Å². The monoisotopic (exact) mass is 254 g/mol. The highest BCUT2D eigenvalue weighted by atomic mass is 16.6. The van der Waals surface area contributed by atoms with Crippen LogP contribution in [0.15, 0.2) is 42.9 Å². The van der Waals surface area contributed by atoms with E-state index in [0.717, 1.165) is 16.9 Å². The Morgan fingerprint density at radius 3 is 2.74 bits per heavy atom. The average molecular weight is 254 g/mol. The molecule has 0 saturated carbocycles. The van der Waals surface area contributed by atoms with Crippen LogP contribution in [-0.2, 0) is 0 Å². The number of pyridine rings is 1. The number of nitro benzene ring substituents is 1. The van der Waals surface area contributed by atoms with Gasteiger partial charge in [0.1, 0.15) is 11.3 Å². The quantitative estimate of drug-likeness (QED) is 0.520. The third-order valence-corrected chi connectivity index (χ3v) is 3.01. The van der Waals surface area contributed by atoms with E-state index in [1.165, 1.54) is 6.07 Å². The van der Waals surface area contributed by atoms with Gasteiger partial charge in [0.05, 0.1) is 10.6 Å². The smallest absolute Gasteiger partial charge is 0.295 e. The molecule has 0 spiro atoms. The van der Waals surface area contributed by atoms with Gasteiger partial charge in [0.2, 0.25) is 0 Å². The fraction of sp³-hybridized carbons (Fsp3) is 0.0769. The number of rotatable bonds is 2. The maximum Gasteiger partial charge on any atom is 0.295 e. The van der Waals surface area contributed by atoms with Crippen LogP contribution in [-0.4, -0.2) is 19.5 Å². The minimum absolute atomic E-state index is 0.0112. The van der Waals surface area contributed by atoms with E-state index in [-0.39, 0.29) is 5.69 Å². The number of non-ortho nitro benzene ring substituents is 1. The van der Waals surface area contributed by atoms with Gasteiger partial charge in [0, 0.05) is 30.0 Å². The molecule has 3 aromatic rings. The van der Waals surface area contributed by atoms with Gasteiger partial charge in [-0.2, -0.15) is 0 Å². The molecule has 0 saturated heterocycles. The maximum atomic E-state index is 11.0. The number of nitro groups is 1. The Bertz CT molecular complexity index is 779. The zero-order valence-electron chi connectivity index (χ0n) is 10.1. The molecule has 0 aliphatic rings. The van der Waals surface area contributed by atoms with Crippen molar-refractivity contribution in [2.75, 3.05) is 0 Å². The van der Waals surface area contributed by atoms with Crippen LogP contribution < -0.4 is 0 Å². The first kappa shape index (κ1) is 11.3. The second kappa shape index (κ2) is 4.16. The molecule has 0 atom stereocenters. The minimum atomic E-state index is -0.417. The van der Waals surface area contributed by atoms with Crippen molar-refractivity contribution < 1.29 is 4.92 Å². The molecule has 19 heavy (non-hydrogen) atoms. The Morgan fingerprint density at radius 2 is 2.05 bits per heavy atom. The van der Waals surface area contributed by atoms with Crippen molar-refractivity contribution in [1.82, 2.24) is 14.5 Å². The molecule has 1 aromatic carbocycles. The van der Waals surface area contributed by atoms with E-state index in [2.05, 4.69) is 9.97 Å². The van der Waals surface area contributed by atoms with E-state index in [1.54, 1.807) is 18.5 Å². The number of benzene rings is 1. The molecule has 6 heteroatoms. The summed E-state index contributed by atoms with van der Waals surface area (Å²) in [5, 5.41) is 11.8. The number of hydrogen-bond acceptors (Lipinski definition) is 4. The van der Waals surface area contributed by atoms with E-state index >= 15 is 0 Å². The summed E-state index contributed by atoms with van der Waals surface area (Å²) in [5.74, 6) is 0.819. The van der Waals surface area contributed by atoms with Crippen molar-refractivity contribution in [3.8, 4) is 5.69 Å². The van der Waals surface area contributed by atoms with E-state index in [1.807, 2.05) is 29.8 Å². The molecular weight excluding hydrogens is 244 g/mol. The summed E-state index contributed by atoms with van der Waals surface area (Å²) >= 11 is 0. The molecule has 2 heterocycles. The van der Waals surface area contributed by atoms with Gasteiger partial charge in [-0.25, -0.2) is 9.97 Å². The standard InChI is InChI=1S/C13H10N4O2/c1-9-14-7-8-16(9)11-5-6-15-13-10(11)3-2-4-12(13)17(18)19/h2-8H,1H3. The normalized spacial score (nSPS) is 10.8. The zero-order chi connectivity index (χ0) is 13.4. The average Bonchev–Trinajstić information content (AvgIpc) is 2.83. The van der Waals surface area contributed by atoms with Crippen LogP contribution in [0.4, 0.5) is 5.69 Å². The molecule has 3 rings (SSSR count). The van der Waals surface area contributed by atoms with Crippen molar-refractivity contribution in [3.63, 3.8) is 0 Å². The summed E-state index contributed by atoms with van der Waals surface area (Å²) in [6.45, 7) is 1.88. The number of fused-ring (bicyclic) bond motifs is 1. The Kier molecular flexibility index (Phi) is 2.49. The fourth-order valence-electron chi connectivity index (χ4n) is 2.14. The van der Waals surface area contributed by atoms with Crippen LogP contribution in [0.1, 0.15) is 5.82 Å². The van der Waals surface area contributed by atoms with Gasteiger partial charge in [-0.05, 0) is 13.0 Å². The van der Waals surface area contributed by atoms with Gasteiger partial charge in [0.25, 0.3) is 5.69 Å². The fourth-order valence-corrected chi connectivity index (χ4v) is 2.14. The first-order valence-electron chi connectivity index (χ1n) is 5.71. The van der Waals surface area contributed by atoms with Gasteiger partial charge in [0.15, 0.2) is 0 Å². The molecule has 0 amide bonds. The van der Waals surface area contributed by atoms with Crippen LogP contribution in [0, 0.1) is 17.0 Å². The lowest BCUT2D eigenvalue weighted by atomic mass is 10.1. The van der Waals surface area contributed by atoms with Crippen LogP contribution in [0.25, 0.3) is 16.6 Å². The van der Waals surface area contributed by atoms with E-state index in [0.29, 0.717) is 5.52 Å². The second-order valence-corrected chi connectivity index (χ2v) is 4.10. The highest BCUT2D eigenvalue weighted by Crippen LogP contribution is 2.28. The lowest BCUT2D eigenvalue weighted by Crippen LogP contribution is -1.99. The lowest BCUT2D eigenvalue weighted by molar-refractivity contribution is -0.383. The first-order valence-corrected chi connectivity index (χ1v) is 5.71. The van der Waals surface area contributed by atoms with E-state index in [9.17, 15) is 10.1 Å². The Morgan fingerprint density at radius 1 is 1.21 bits per heavy atom. The molecule has 0 aliphatic heterocycles. The van der Waals surface area contributed by atoms with Crippen LogP contribution in [0.2, 0.25) is 0 Å². The van der Waals surface area contributed by atoms with Crippen molar-refractivity contribution in [1.29, 1.82) is 0 Å². The van der Waals surface area contributed by atoms with Gasteiger partial charge in [-0.1, -0.05) is 12.1 Å². The lowest BCUT2D eigenvalue weighted by Gasteiger charge is -2.08. The third kappa shape index (κ3) is 1.74.